The van der Waals surface area contributed by atoms with Crippen molar-refractivity contribution >= 4 is 16.3 Å². The fraction of sp³-hybridized carbons (Fsp3) is 0.571. The highest BCUT2D eigenvalue weighted by molar-refractivity contribution is 7.15. The van der Waals surface area contributed by atoms with Gasteiger partial charge in [0, 0.05) is 36.8 Å². The molecule has 1 N–H and O–H groups in total. The molecular weight excluding hydrogens is 274 g/mol. The van der Waals surface area contributed by atoms with Crippen LogP contribution in [0.1, 0.15) is 31.9 Å². The fourth-order valence-corrected chi connectivity index (χ4v) is 3.41. The van der Waals surface area contributed by atoms with Crippen molar-refractivity contribution in [2.75, 3.05) is 6.61 Å². The Bertz CT molecular complexity index is 631. The summed E-state index contributed by atoms with van der Waals surface area (Å²) in [6.07, 6.45) is 5.33. The van der Waals surface area contributed by atoms with Crippen molar-refractivity contribution in [3.05, 3.63) is 33.7 Å². The zero-order chi connectivity index (χ0) is 13.9. The Balaban J connectivity index is 1.70. The molecule has 0 aromatic carbocycles. The average molecular weight is 293 g/mol. The van der Waals surface area contributed by atoms with Gasteiger partial charge in [0.05, 0.1) is 11.8 Å². The van der Waals surface area contributed by atoms with E-state index in [1.807, 2.05) is 5.38 Å². The van der Waals surface area contributed by atoms with Gasteiger partial charge in [-0.3, -0.25) is 9.20 Å². The summed E-state index contributed by atoms with van der Waals surface area (Å²) in [4.78, 5) is 17.2. The largest absolute Gasteiger partial charge is 0.377 e. The van der Waals surface area contributed by atoms with Crippen LogP contribution in [0, 0.1) is 0 Å². The van der Waals surface area contributed by atoms with Gasteiger partial charge in [-0.1, -0.05) is 6.92 Å². The van der Waals surface area contributed by atoms with E-state index >= 15 is 0 Å². The van der Waals surface area contributed by atoms with Crippen molar-refractivity contribution in [2.24, 2.45) is 0 Å². The number of nitrogens with one attached hydrogen (secondary N) is 1. The molecule has 3 heterocycles. The van der Waals surface area contributed by atoms with E-state index < -0.39 is 0 Å². The van der Waals surface area contributed by atoms with E-state index in [0.717, 1.165) is 36.5 Å². The lowest BCUT2D eigenvalue weighted by Gasteiger charge is -2.22. The van der Waals surface area contributed by atoms with Gasteiger partial charge in [-0.15, -0.1) is 11.3 Å². The zero-order valence-corrected chi connectivity index (χ0v) is 12.4. The Kier molecular flexibility index (Phi) is 4.14. The molecule has 2 atom stereocenters. The summed E-state index contributed by atoms with van der Waals surface area (Å²) in [5.41, 5.74) is 0.784. The van der Waals surface area contributed by atoms with E-state index in [1.54, 1.807) is 16.7 Å². The number of aromatic nitrogens is 2. The number of rotatable bonds is 5. The molecule has 3 rings (SSSR count). The fourth-order valence-electron chi connectivity index (χ4n) is 2.67. The minimum Gasteiger partial charge on any atom is -0.377 e. The molecule has 1 fully saturated rings. The highest BCUT2D eigenvalue weighted by Gasteiger charge is 2.24. The van der Waals surface area contributed by atoms with Gasteiger partial charge in [0.25, 0.3) is 5.56 Å². The minimum atomic E-state index is -0.0155. The lowest BCUT2D eigenvalue weighted by Crippen LogP contribution is -2.39. The van der Waals surface area contributed by atoms with Crippen LogP contribution in [0.2, 0.25) is 0 Å². The van der Waals surface area contributed by atoms with Crippen molar-refractivity contribution in [2.45, 2.75) is 44.9 Å². The molecule has 20 heavy (non-hydrogen) atoms. The number of hydrogen-bond donors (Lipinski definition) is 1. The quantitative estimate of drug-likeness (QED) is 0.913. The molecular formula is C14H19N3O2S. The molecule has 2 aromatic rings. The second kappa shape index (κ2) is 6.03. The zero-order valence-electron chi connectivity index (χ0n) is 11.5. The van der Waals surface area contributed by atoms with Crippen molar-refractivity contribution in [1.29, 1.82) is 0 Å². The van der Waals surface area contributed by atoms with Crippen molar-refractivity contribution in [3.8, 4) is 0 Å². The van der Waals surface area contributed by atoms with Gasteiger partial charge in [0.15, 0.2) is 4.96 Å². The third-order valence-electron chi connectivity index (χ3n) is 3.76. The van der Waals surface area contributed by atoms with E-state index in [2.05, 4.69) is 17.2 Å². The molecule has 5 nitrogen and oxygen atoms in total. The summed E-state index contributed by atoms with van der Waals surface area (Å²) in [6, 6.07) is 1.94. The van der Waals surface area contributed by atoms with E-state index in [4.69, 9.17) is 4.74 Å². The summed E-state index contributed by atoms with van der Waals surface area (Å²) in [5.74, 6) is 0. The van der Waals surface area contributed by atoms with Crippen LogP contribution in [-0.4, -0.2) is 28.1 Å². The summed E-state index contributed by atoms with van der Waals surface area (Å²) >= 11 is 1.48. The van der Waals surface area contributed by atoms with Crippen LogP contribution in [-0.2, 0) is 11.3 Å². The predicted octanol–water partition coefficient (Wildman–Crippen LogP) is 1.80. The Morgan fingerprint density at radius 3 is 3.30 bits per heavy atom. The summed E-state index contributed by atoms with van der Waals surface area (Å²) < 4.78 is 7.30. The molecule has 0 spiro atoms. The molecule has 6 heteroatoms. The number of fused-ring (bicyclic) bond motifs is 1. The standard InChI is InChI=1S/C14H19N3O2S/c1-2-11(12-4-3-6-19-12)15-9-10-8-13(18)17-5-7-20-14(17)16-10/h5,7-8,11-12,15H,2-4,6,9H2,1H3/t11-,12-/m1/s1. The normalized spacial score (nSPS) is 20.6. The first-order valence-corrected chi connectivity index (χ1v) is 7.96. The summed E-state index contributed by atoms with van der Waals surface area (Å²) in [7, 11) is 0. The highest BCUT2D eigenvalue weighted by atomic mass is 32.1. The first kappa shape index (κ1) is 13.7. The van der Waals surface area contributed by atoms with Crippen LogP contribution in [0.5, 0.6) is 0 Å². The third kappa shape index (κ3) is 2.77. The molecule has 0 aliphatic carbocycles. The molecule has 108 valence electrons. The van der Waals surface area contributed by atoms with Crippen LogP contribution in [0.4, 0.5) is 0 Å². The number of thiazole rings is 1. The minimum absolute atomic E-state index is 0.0155. The van der Waals surface area contributed by atoms with Crippen LogP contribution in [0.3, 0.4) is 0 Å². The molecule has 0 unspecified atom stereocenters. The average Bonchev–Trinajstić information content (AvgIpc) is 3.10. The maximum Gasteiger partial charge on any atom is 0.258 e. The van der Waals surface area contributed by atoms with Crippen LogP contribution in [0.25, 0.3) is 4.96 Å². The van der Waals surface area contributed by atoms with Gasteiger partial charge in [-0.2, -0.15) is 0 Å². The van der Waals surface area contributed by atoms with Crippen LogP contribution < -0.4 is 10.9 Å². The first-order valence-electron chi connectivity index (χ1n) is 7.08. The molecule has 0 amide bonds. The van der Waals surface area contributed by atoms with Gasteiger partial charge in [-0.05, 0) is 19.3 Å². The van der Waals surface area contributed by atoms with Gasteiger partial charge in [0.2, 0.25) is 0 Å². The monoisotopic (exact) mass is 293 g/mol. The topological polar surface area (TPSA) is 55.6 Å². The number of nitrogens with zero attached hydrogens (tertiary/aromatic N) is 2. The van der Waals surface area contributed by atoms with E-state index in [-0.39, 0.29) is 5.56 Å². The Hall–Kier alpha value is -1.24. The SMILES string of the molecule is CC[C@@H](NCc1cc(=O)n2ccsc2n1)[C@H]1CCCO1. The lowest BCUT2D eigenvalue weighted by molar-refractivity contribution is 0.0763. The van der Waals surface area contributed by atoms with Gasteiger partial charge in [0.1, 0.15) is 0 Å². The Morgan fingerprint density at radius 2 is 2.55 bits per heavy atom. The van der Waals surface area contributed by atoms with Gasteiger partial charge in [-0.25, -0.2) is 4.98 Å². The summed E-state index contributed by atoms with van der Waals surface area (Å²) in [5, 5.41) is 5.36. The maximum atomic E-state index is 11.9. The van der Waals surface area contributed by atoms with E-state index in [9.17, 15) is 4.79 Å². The van der Waals surface area contributed by atoms with Crippen molar-refractivity contribution < 1.29 is 4.74 Å². The second-order valence-corrected chi connectivity index (χ2v) is 5.96. The molecule has 0 radical (unpaired) electrons. The highest BCUT2D eigenvalue weighted by Crippen LogP contribution is 2.17. The molecule has 2 aromatic heterocycles. The van der Waals surface area contributed by atoms with Crippen LogP contribution >= 0.6 is 11.3 Å². The predicted molar refractivity (Wildman–Crippen MR) is 79.2 cm³/mol. The van der Waals surface area contributed by atoms with Crippen molar-refractivity contribution in [1.82, 2.24) is 14.7 Å². The van der Waals surface area contributed by atoms with E-state index in [1.165, 1.54) is 11.3 Å². The number of hydrogen-bond acceptors (Lipinski definition) is 5. The first-order chi connectivity index (χ1) is 9.78. The number of ether oxygens (including phenoxy) is 1. The van der Waals surface area contributed by atoms with Crippen molar-refractivity contribution in [3.63, 3.8) is 0 Å². The smallest absolute Gasteiger partial charge is 0.258 e. The van der Waals surface area contributed by atoms with Gasteiger partial charge < -0.3 is 10.1 Å². The lowest BCUT2D eigenvalue weighted by atomic mass is 10.1. The third-order valence-corrected chi connectivity index (χ3v) is 4.51. The maximum absolute atomic E-state index is 11.9. The molecule has 1 aliphatic heterocycles. The van der Waals surface area contributed by atoms with E-state index in [0.29, 0.717) is 18.7 Å². The summed E-state index contributed by atoms with van der Waals surface area (Å²) in [6.45, 7) is 3.63. The molecule has 1 aliphatic rings. The van der Waals surface area contributed by atoms with Crippen LogP contribution in [0.15, 0.2) is 22.4 Å². The molecule has 0 saturated carbocycles. The molecule has 0 bridgehead atoms. The Morgan fingerprint density at radius 1 is 1.65 bits per heavy atom. The Labute approximate surface area is 121 Å². The second-order valence-electron chi connectivity index (χ2n) is 5.09. The molecule has 1 saturated heterocycles. The van der Waals surface area contributed by atoms with Gasteiger partial charge >= 0.3 is 0 Å².